The maximum Gasteiger partial charge on any atom is 0.326 e. The van der Waals surface area contributed by atoms with Crippen LogP contribution < -0.4 is 5.32 Å². The first kappa shape index (κ1) is 24.7. The predicted molar refractivity (Wildman–Crippen MR) is 140 cm³/mol. The van der Waals surface area contributed by atoms with Gasteiger partial charge in [0.2, 0.25) is 11.8 Å². The van der Waals surface area contributed by atoms with Gasteiger partial charge in [-0.15, -0.1) is 0 Å². The zero-order valence-electron chi connectivity index (χ0n) is 20.8. The molecule has 0 aliphatic carbocycles. The van der Waals surface area contributed by atoms with Crippen molar-refractivity contribution in [2.24, 2.45) is 0 Å². The van der Waals surface area contributed by atoms with E-state index in [-0.39, 0.29) is 11.8 Å². The van der Waals surface area contributed by atoms with Crippen LogP contribution in [-0.4, -0.2) is 63.9 Å². The number of rotatable bonds is 9. The quantitative estimate of drug-likeness (QED) is 0.350. The van der Waals surface area contributed by atoms with Gasteiger partial charge in [0.15, 0.2) is 0 Å². The van der Waals surface area contributed by atoms with Gasteiger partial charge in [-0.05, 0) is 29.5 Å². The molecule has 2 aliphatic rings. The fraction of sp³-hybridized carbons (Fsp3) is 0.300. The highest BCUT2D eigenvalue weighted by atomic mass is 16.4. The van der Waals surface area contributed by atoms with Gasteiger partial charge in [0.05, 0.1) is 5.54 Å². The van der Waals surface area contributed by atoms with Crippen LogP contribution in [0.4, 0.5) is 0 Å². The summed E-state index contributed by atoms with van der Waals surface area (Å²) in [5, 5.41) is 12.4. The Hall–Kier alpha value is -3.97. The van der Waals surface area contributed by atoms with Crippen molar-refractivity contribution in [3.8, 4) is 0 Å². The van der Waals surface area contributed by atoms with Gasteiger partial charge in [0.1, 0.15) is 18.1 Å². The summed E-state index contributed by atoms with van der Waals surface area (Å²) in [7, 11) is 0. The number of hydrogen-bond donors (Lipinski definition) is 2. The van der Waals surface area contributed by atoms with E-state index in [0.29, 0.717) is 25.9 Å². The molecule has 0 saturated carbocycles. The third-order valence-electron chi connectivity index (χ3n) is 7.52. The van der Waals surface area contributed by atoms with Crippen molar-refractivity contribution >= 4 is 17.8 Å². The second kappa shape index (κ2) is 10.2. The molecule has 3 aromatic carbocycles. The topological polar surface area (TPSA) is 89.7 Å². The van der Waals surface area contributed by atoms with Crippen molar-refractivity contribution in [1.29, 1.82) is 0 Å². The summed E-state index contributed by atoms with van der Waals surface area (Å²) in [6.45, 7) is 2.60. The fourth-order valence-corrected chi connectivity index (χ4v) is 5.71. The Morgan fingerprint density at radius 2 is 1.41 bits per heavy atom. The summed E-state index contributed by atoms with van der Waals surface area (Å²) >= 11 is 0. The number of nitrogens with one attached hydrogen (secondary N) is 1. The van der Waals surface area contributed by atoms with Crippen LogP contribution in [0.2, 0.25) is 0 Å². The molecule has 5 rings (SSSR count). The van der Waals surface area contributed by atoms with Crippen LogP contribution >= 0.6 is 0 Å². The average Bonchev–Trinajstić information content (AvgIpc) is 3.66. The van der Waals surface area contributed by atoms with E-state index in [1.54, 1.807) is 6.92 Å². The number of likely N-dealkylation sites (tertiary alicyclic amines) is 1. The Morgan fingerprint density at radius 1 is 0.919 bits per heavy atom. The van der Waals surface area contributed by atoms with Crippen molar-refractivity contribution in [1.82, 2.24) is 15.1 Å². The molecule has 3 aromatic rings. The SMILES string of the molecule is CCC(C(=O)O)N1CC[C@H](NC(=O)C2CN2C(c2ccccc2)(c2ccccc2)c2ccccc2)C1=O. The molecule has 2 N–H and O–H groups in total. The first-order valence-corrected chi connectivity index (χ1v) is 12.8. The molecular formula is C30H31N3O4. The van der Waals surface area contributed by atoms with Crippen LogP contribution in [0, 0.1) is 0 Å². The number of carboxylic acids is 1. The Labute approximate surface area is 216 Å². The molecule has 0 spiro atoms. The van der Waals surface area contributed by atoms with Crippen molar-refractivity contribution in [3.05, 3.63) is 108 Å². The number of amides is 2. The molecule has 2 fully saturated rings. The Morgan fingerprint density at radius 3 is 1.84 bits per heavy atom. The standard InChI is InChI=1S/C30H31N3O4/c1-2-25(29(36)37)32-19-18-24(28(32)35)31-27(34)26-20-33(26)30(21-12-6-3-7-13-21,22-14-8-4-9-15-22)23-16-10-5-11-17-23/h3-17,24-26H,2,18-20H2,1H3,(H,31,34)(H,36,37)/t24-,25?,26?,33?/m0/s1. The van der Waals surface area contributed by atoms with Gasteiger partial charge in [-0.2, -0.15) is 0 Å². The van der Waals surface area contributed by atoms with E-state index in [9.17, 15) is 19.5 Å². The zero-order valence-corrected chi connectivity index (χ0v) is 20.8. The molecule has 4 atom stereocenters. The van der Waals surface area contributed by atoms with Crippen molar-refractivity contribution in [3.63, 3.8) is 0 Å². The molecule has 37 heavy (non-hydrogen) atoms. The van der Waals surface area contributed by atoms with E-state index in [0.717, 1.165) is 16.7 Å². The number of carbonyl (C=O) groups excluding carboxylic acids is 2. The Balaban J connectivity index is 1.45. The number of carboxylic acid groups (broad SMARTS) is 1. The molecule has 7 heteroatoms. The summed E-state index contributed by atoms with van der Waals surface area (Å²) in [6.07, 6.45) is 0.730. The van der Waals surface area contributed by atoms with Crippen LogP contribution in [0.1, 0.15) is 36.5 Å². The molecule has 0 bridgehead atoms. The van der Waals surface area contributed by atoms with Gasteiger partial charge in [-0.25, -0.2) is 4.79 Å². The largest absolute Gasteiger partial charge is 0.480 e. The van der Waals surface area contributed by atoms with Gasteiger partial charge in [-0.1, -0.05) is 97.9 Å². The highest BCUT2D eigenvalue weighted by Crippen LogP contribution is 2.48. The minimum Gasteiger partial charge on any atom is -0.480 e. The summed E-state index contributed by atoms with van der Waals surface area (Å²) in [6, 6.07) is 28.5. The lowest BCUT2D eigenvalue weighted by molar-refractivity contribution is -0.149. The lowest BCUT2D eigenvalue weighted by atomic mass is 9.76. The second-order valence-electron chi connectivity index (χ2n) is 9.62. The lowest BCUT2D eigenvalue weighted by Crippen LogP contribution is -2.49. The van der Waals surface area contributed by atoms with Crippen LogP contribution in [0.15, 0.2) is 91.0 Å². The van der Waals surface area contributed by atoms with Gasteiger partial charge in [0, 0.05) is 13.1 Å². The third-order valence-corrected chi connectivity index (χ3v) is 7.52. The van der Waals surface area contributed by atoms with E-state index < -0.39 is 29.6 Å². The number of nitrogens with zero attached hydrogens (tertiary/aromatic N) is 2. The molecule has 2 aliphatic heterocycles. The molecule has 0 aromatic heterocycles. The maximum absolute atomic E-state index is 13.5. The van der Waals surface area contributed by atoms with Gasteiger partial charge < -0.3 is 15.3 Å². The molecule has 2 amide bonds. The number of hydrogen-bond acceptors (Lipinski definition) is 4. The van der Waals surface area contributed by atoms with Crippen LogP contribution in [0.25, 0.3) is 0 Å². The minimum atomic E-state index is -1.02. The summed E-state index contributed by atoms with van der Waals surface area (Å²) < 4.78 is 0. The second-order valence-corrected chi connectivity index (χ2v) is 9.62. The highest BCUT2D eigenvalue weighted by Gasteiger charge is 2.56. The van der Waals surface area contributed by atoms with E-state index in [2.05, 4.69) is 46.6 Å². The molecular weight excluding hydrogens is 466 g/mol. The first-order chi connectivity index (χ1) is 18.0. The smallest absolute Gasteiger partial charge is 0.326 e. The van der Waals surface area contributed by atoms with Crippen molar-refractivity contribution in [2.45, 2.75) is 43.4 Å². The van der Waals surface area contributed by atoms with E-state index in [1.165, 1.54) is 4.90 Å². The van der Waals surface area contributed by atoms with Crippen molar-refractivity contribution < 1.29 is 19.5 Å². The third kappa shape index (κ3) is 4.40. The Kier molecular flexibility index (Phi) is 6.80. The van der Waals surface area contributed by atoms with Gasteiger partial charge in [-0.3, -0.25) is 14.5 Å². The molecule has 2 saturated heterocycles. The van der Waals surface area contributed by atoms with Crippen LogP contribution in [0.3, 0.4) is 0 Å². The van der Waals surface area contributed by atoms with Crippen molar-refractivity contribution in [2.75, 3.05) is 13.1 Å². The van der Waals surface area contributed by atoms with Crippen LogP contribution in [0.5, 0.6) is 0 Å². The fourth-order valence-electron chi connectivity index (χ4n) is 5.71. The molecule has 7 nitrogen and oxygen atoms in total. The lowest BCUT2D eigenvalue weighted by Gasteiger charge is -2.38. The van der Waals surface area contributed by atoms with E-state index in [4.69, 9.17) is 0 Å². The summed E-state index contributed by atoms with van der Waals surface area (Å²) in [4.78, 5) is 41.6. The van der Waals surface area contributed by atoms with Gasteiger partial charge >= 0.3 is 5.97 Å². The van der Waals surface area contributed by atoms with Gasteiger partial charge in [0.25, 0.3) is 0 Å². The predicted octanol–water partition coefficient (Wildman–Crippen LogP) is 3.24. The normalized spacial score (nSPS) is 21.9. The number of carbonyl (C=O) groups is 3. The maximum atomic E-state index is 13.5. The molecule has 3 unspecified atom stereocenters. The monoisotopic (exact) mass is 497 g/mol. The highest BCUT2D eigenvalue weighted by molar-refractivity contribution is 5.94. The number of aliphatic carboxylic acids is 1. The number of benzene rings is 3. The molecule has 0 radical (unpaired) electrons. The zero-order chi connectivity index (χ0) is 26.0. The average molecular weight is 498 g/mol. The summed E-state index contributed by atoms with van der Waals surface area (Å²) in [5.41, 5.74) is 2.47. The summed E-state index contributed by atoms with van der Waals surface area (Å²) in [5.74, 6) is -1.56. The van der Waals surface area contributed by atoms with Crippen LogP contribution in [-0.2, 0) is 19.9 Å². The van der Waals surface area contributed by atoms with E-state index in [1.807, 2.05) is 54.6 Å². The first-order valence-electron chi connectivity index (χ1n) is 12.8. The molecule has 2 heterocycles. The van der Waals surface area contributed by atoms with E-state index >= 15 is 0 Å². The molecule has 190 valence electrons. The minimum absolute atomic E-state index is 0.212. The Bertz CT molecular complexity index is 1170.